The molecule has 1 saturated heterocycles. The average molecular weight is 498 g/mol. The van der Waals surface area contributed by atoms with Gasteiger partial charge in [-0.1, -0.05) is 12.5 Å². The molecule has 1 aliphatic heterocycles. The van der Waals surface area contributed by atoms with Gasteiger partial charge in [-0.15, -0.1) is 24.0 Å². The fourth-order valence-electron chi connectivity index (χ4n) is 3.16. The number of guanidine groups is 1. The van der Waals surface area contributed by atoms with Crippen molar-refractivity contribution in [2.75, 3.05) is 37.7 Å². The monoisotopic (exact) mass is 498 g/mol. The van der Waals surface area contributed by atoms with Gasteiger partial charge in [-0.2, -0.15) is 13.2 Å². The molecule has 5 nitrogen and oxygen atoms in total. The number of benzene rings is 1. The topological polar surface area (TPSA) is 62.9 Å². The minimum absolute atomic E-state index is 0. The summed E-state index contributed by atoms with van der Waals surface area (Å²) in [5.74, 6) is 0.796. The summed E-state index contributed by atoms with van der Waals surface area (Å²) in [4.78, 5) is 5.99. The molecule has 2 aliphatic rings. The van der Waals surface area contributed by atoms with Crippen molar-refractivity contribution in [1.82, 2.24) is 5.32 Å². The van der Waals surface area contributed by atoms with Gasteiger partial charge in [0.15, 0.2) is 5.96 Å². The summed E-state index contributed by atoms with van der Waals surface area (Å²) in [6, 6.07) is 4.41. The quantitative estimate of drug-likeness (QED) is 0.372. The molecule has 0 bridgehead atoms. The summed E-state index contributed by atoms with van der Waals surface area (Å²) < 4.78 is 45.7. The van der Waals surface area contributed by atoms with Gasteiger partial charge in [0.25, 0.3) is 0 Å². The van der Waals surface area contributed by atoms with E-state index in [0.29, 0.717) is 37.9 Å². The summed E-state index contributed by atoms with van der Waals surface area (Å²) in [6.45, 7) is 2.87. The molecule has 0 amide bonds. The first-order valence-electron chi connectivity index (χ1n) is 9.00. The molecule has 1 aliphatic carbocycles. The Hall–Kier alpha value is -1.23. The SMILES string of the molecule is I.NC(=NCc1ccc(N2CCOCC2)cc1C(F)(F)F)NCC1CCC1. The number of nitrogens with zero attached hydrogens (tertiary/aromatic N) is 2. The Labute approximate surface area is 174 Å². The minimum atomic E-state index is -4.43. The third-order valence-corrected chi connectivity index (χ3v) is 4.99. The highest BCUT2D eigenvalue weighted by molar-refractivity contribution is 14.0. The number of alkyl halides is 3. The van der Waals surface area contributed by atoms with Crippen LogP contribution in [-0.2, 0) is 17.5 Å². The average Bonchev–Trinajstić information content (AvgIpc) is 2.58. The smallest absolute Gasteiger partial charge is 0.378 e. The summed E-state index contributed by atoms with van der Waals surface area (Å²) in [6.07, 6.45) is -0.863. The molecule has 1 heterocycles. The van der Waals surface area contributed by atoms with E-state index in [1.807, 2.05) is 4.90 Å². The molecule has 0 unspecified atom stereocenters. The first-order chi connectivity index (χ1) is 12.4. The van der Waals surface area contributed by atoms with Crippen LogP contribution in [0.3, 0.4) is 0 Å². The van der Waals surface area contributed by atoms with Crippen LogP contribution >= 0.6 is 24.0 Å². The van der Waals surface area contributed by atoms with E-state index in [9.17, 15) is 13.2 Å². The zero-order chi connectivity index (χ0) is 18.6. The highest BCUT2D eigenvalue weighted by Crippen LogP contribution is 2.35. The van der Waals surface area contributed by atoms with Crippen molar-refractivity contribution in [1.29, 1.82) is 0 Å². The van der Waals surface area contributed by atoms with E-state index in [1.165, 1.54) is 31.4 Å². The Morgan fingerprint density at radius 3 is 2.56 bits per heavy atom. The van der Waals surface area contributed by atoms with Crippen LogP contribution in [0.2, 0.25) is 0 Å². The molecule has 2 fully saturated rings. The Kier molecular flexibility index (Phi) is 8.02. The van der Waals surface area contributed by atoms with Crippen LogP contribution in [0.25, 0.3) is 0 Å². The predicted octanol–water partition coefficient (Wildman–Crippen LogP) is 3.36. The summed E-state index contributed by atoms with van der Waals surface area (Å²) in [5.41, 5.74) is 5.82. The maximum atomic E-state index is 13.5. The van der Waals surface area contributed by atoms with Crippen LogP contribution in [-0.4, -0.2) is 38.8 Å². The molecule has 27 heavy (non-hydrogen) atoms. The molecular formula is C18H26F3IN4O. The molecule has 152 valence electrons. The highest BCUT2D eigenvalue weighted by atomic mass is 127. The van der Waals surface area contributed by atoms with Gasteiger partial charge in [0.05, 0.1) is 25.3 Å². The molecule has 1 aromatic carbocycles. The van der Waals surface area contributed by atoms with Gasteiger partial charge in [0.1, 0.15) is 0 Å². The van der Waals surface area contributed by atoms with Gasteiger partial charge in [0, 0.05) is 25.3 Å². The number of nitrogens with one attached hydrogen (secondary N) is 1. The Morgan fingerprint density at radius 1 is 1.26 bits per heavy atom. The number of halogens is 4. The Bertz CT molecular complexity index is 644. The van der Waals surface area contributed by atoms with E-state index in [4.69, 9.17) is 10.5 Å². The van der Waals surface area contributed by atoms with E-state index in [0.717, 1.165) is 6.54 Å². The van der Waals surface area contributed by atoms with Crippen molar-refractivity contribution < 1.29 is 17.9 Å². The third kappa shape index (κ3) is 6.13. The van der Waals surface area contributed by atoms with Crippen molar-refractivity contribution in [2.45, 2.75) is 32.0 Å². The lowest BCUT2D eigenvalue weighted by Crippen LogP contribution is -2.37. The van der Waals surface area contributed by atoms with Gasteiger partial charge in [0.2, 0.25) is 0 Å². The van der Waals surface area contributed by atoms with Gasteiger partial charge < -0.3 is 20.7 Å². The molecule has 1 aromatic rings. The predicted molar refractivity (Wildman–Crippen MR) is 111 cm³/mol. The molecule has 0 aromatic heterocycles. The number of hydrogen-bond acceptors (Lipinski definition) is 3. The van der Waals surface area contributed by atoms with E-state index in [1.54, 1.807) is 6.07 Å². The second kappa shape index (κ2) is 9.81. The molecule has 0 radical (unpaired) electrons. The maximum absolute atomic E-state index is 13.5. The van der Waals surface area contributed by atoms with Crippen LogP contribution in [0.1, 0.15) is 30.4 Å². The normalized spacial score (nSPS) is 18.6. The lowest BCUT2D eigenvalue weighted by atomic mass is 9.85. The number of anilines is 1. The van der Waals surface area contributed by atoms with E-state index >= 15 is 0 Å². The van der Waals surface area contributed by atoms with Crippen molar-refractivity contribution in [2.24, 2.45) is 16.6 Å². The zero-order valence-corrected chi connectivity index (χ0v) is 17.4. The fraction of sp³-hybridized carbons (Fsp3) is 0.611. The minimum Gasteiger partial charge on any atom is -0.378 e. The van der Waals surface area contributed by atoms with Gasteiger partial charge >= 0.3 is 6.18 Å². The molecule has 0 atom stereocenters. The highest BCUT2D eigenvalue weighted by Gasteiger charge is 2.34. The lowest BCUT2D eigenvalue weighted by Gasteiger charge is -2.29. The molecule has 3 rings (SSSR count). The zero-order valence-electron chi connectivity index (χ0n) is 15.1. The first-order valence-corrected chi connectivity index (χ1v) is 9.00. The number of aliphatic imine (C=N–C) groups is 1. The Morgan fingerprint density at radius 2 is 1.96 bits per heavy atom. The third-order valence-electron chi connectivity index (χ3n) is 4.99. The van der Waals surface area contributed by atoms with Crippen LogP contribution in [0.5, 0.6) is 0 Å². The van der Waals surface area contributed by atoms with Crippen LogP contribution in [0.4, 0.5) is 18.9 Å². The summed E-state index contributed by atoms with van der Waals surface area (Å²) >= 11 is 0. The van der Waals surface area contributed by atoms with Crippen LogP contribution < -0.4 is 16.0 Å². The Balaban J connectivity index is 0.00000261. The van der Waals surface area contributed by atoms with E-state index in [2.05, 4.69) is 10.3 Å². The van der Waals surface area contributed by atoms with Crippen molar-refractivity contribution >= 4 is 35.6 Å². The number of ether oxygens (including phenoxy) is 1. The number of nitrogens with two attached hydrogens (primary N) is 1. The molecule has 1 saturated carbocycles. The molecule has 0 spiro atoms. The van der Waals surface area contributed by atoms with Crippen molar-refractivity contribution in [3.8, 4) is 0 Å². The van der Waals surface area contributed by atoms with Gasteiger partial charge in [-0.25, -0.2) is 4.99 Å². The van der Waals surface area contributed by atoms with Gasteiger partial charge in [-0.05, 0) is 36.5 Å². The van der Waals surface area contributed by atoms with Gasteiger partial charge in [-0.3, -0.25) is 0 Å². The van der Waals surface area contributed by atoms with Crippen LogP contribution in [0, 0.1) is 5.92 Å². The molecular weight excluding hydrogens is 472 g/mol. The number of morpholine rings is 1. The first kappa shape index (κ1) is 22.1. The fourth-order valence-corrected chi connectivity index (χ4v) is 3.16. The maximum Gasteiger partial charge on any atom is 0.416 e. The largest absolute Gasteiger partial charge is 0.416 e. The second-order valence-electron chi connectivity index (χ2n) is 6.82. The number of rotatable bonds is 5. The molecule has 3 N–H and O–H groups in total. The van der Waals surface area contributed by atoms with Crippen LogP contribution in [0.15, 0.2) is 23.2 Å². The van der Waals surface area contributed by atoms with Crippen molar-refractivity contribution in [3.05, 3.63) is 29.3 Å². The second-order valence-corrected chi connectivity index (χ2v) is 6.82. The number of hydrogen-bond donors (Lipinski definition) is 2. The summed E-state index contributed by atoms with van der Waals surface area (Å²) in [5, 5.41) is 3.00. The standard InChI is InChI=1S/C18H25F3N4O.HI/c19-18(20,21)16-10-15(25-6-8-26-9-7-25)5-4-14(16)12-24-17(22)23-11-13-2-1-3-13;/h4-5,10,13H,1-3,6-9,11-12H2,(H3,22,23,24);1H. The lowest BCUT2D eigenvalue weighted by molar-refractivity contribution is -0.138. The molecule has 9 heteroatoms. The summed E-state index contributed by atoms with van der Waals surface area (Å²) in [7, 11) is 0. The van der Waals surface area contributed by atoms with E-state index < -0.39 is 11.7 Å². The van der Waals surface area contributed by atoms with Crippen molar-refractivity contribution in [3.63, 3.8) is 0 Å². The van der Waals surface area contributed by atoms with E-state index in [-0.39, 0.29) is 42.0 Å².